The molecule has 0 saturated carbocycles. The summed E-state index contributed by atoms with van der Waals surface area (Å²) in [5.74, 6) is -12.7. The summed E-state index contributed by atoms with van der Waals surface area (Å²) in [6.07, 6.45) is -0.180. The molecule has 0 aliphatic carbocycles. The van der Waals surface area contributed by atoms with Crippen molar-refractivity contribution in [1.82, 2.24) is 15.6 Å². The average Bonchev–Trinajstić information content (AvgIpc) is 3.09. The topological polar surface area (TPSA) is 86.9 Å². The van der Waals surface area contributed by atoms with Crippen LogP contribution in [0, 0.1) is 44.4 Å². The molecule has 0 fully saturated rings. The summed E-state index contributed by atoms with van der Waals surface area (Å²) in [5.41, 5.74) is 1.39. The second-order valence-corrected chi connectivity index (χ2v) is 8.98. The first-order valence-corrected chi connectivity index (χ1v) is 9.48. The Kier molecular flexibility index (Phi) is 7.11. The quantitative estimate of drug-likeness (QED) is 0.148. The number of carbonyl (C=O) groups excluding carboxylic acids is 2. The van der Waals surface area contributed by atoms with E-state index < -0.39 is 57.5 Å². The van der Waals surface area contributed by atoms with Gasteiger partial charge in [-0.1, -0.05) is 32.1 Å². The second kappa shape index (κ2) is 9.02. The highest BCUT2D eigenvalue weighted by Gasteiger charge is 2.36. The zero-order chi connectivity index (χ0) is 22.8. The number of aromatic amines is 1. The van der Waals surface area contributed by atoms with Gasteiger partial charge < -0.3 is 0 Å². The summed E-state index contributed by atoms with van der Waals surface area (Å²) in [6, 6.07) is 0. The largest absolute Gasteiger partial charge is 0.273 e. The summed E-state index contributed by atoms with van der Waals surface area (Å²) in [5, 5.41) is 6.30. The highest BCUT2D eigenvalue weighted by Crippen LogP contribution is 2.36. The first kappa shape index (κ1) is 23.6. The molecule has 0 aliphatic rings. The van der Waals surface area contributed by atoms with E-state index in [0.717, 1.165) is 11.3 Å². The second-order valence-electron chi connectivity index (χ2n) is 7.31. The number of nitrogens with one attached hydrogen (secondary N) is 3. The molecule has 1 atom stereocenters. The standard InChI is InChI=1S/C17H15F5N4O2S2/c1-17(2,3)4-6(14(28)23-24-15-25-26-16(29)30-15)7(5-27)8-9(18)11(20)13(22)12(21)10(8)19/h6H,4H2,1-3H3,(H,23,28)(H,24,25)(H,26,29). The molecule has 0 saturated heterocycles. The lowest BCUT2D eigenvalue weighted by molar-refractivity contribution is -0.123. The van der Waals surface area contributed by atoms with Crippen molar-refractivity contribution in [3.63, 3.8) is 0 Å². The minimum atomic E-state index is -2.38. The summed E-state index contributed by atoms with van der Waals surface area (Å²) in [7, 11) is 0. The molecule has 30 heavy (non-hydrogen) atoms. The molecule has 0 radical (unpaired) electrons. The van der Waals surface area contributed by atoms with E-state index in [4.69, 9.17) is 12.2 Å². The van der Waals surface area contributed by atoms with Crippen LogP contribution in [0.5, 0.6) is 0 Å². The maximum Gasteiger partial charge on any atom is 0.246 e. The first-order chi connectivity index (χ1) is 13.9. The van der Waals surface area contributed by atoms with Crippen molar-refractivity contribution in [3.05, 3.63) is 38.6 Å². The Labute approximate surface area is 176 Å². The highest BCUT2D eigenvalue weighted by atomic mass is 32.1. The van der Waals surface area contributed by atoms with Crippen molar-refractivity contribution in [2.75, 3.05) is 5.43 Å². The van der Waals surface area contributed by atoms with Crippen LogP contribution in [0.4, 0.5) is 27.1 Å². The summed E-state index contributed by atoms with van der Waals surface area (Å²) < 4.78 is 69.4. The molecule has 1 heterocycles. The lowest BCUT2D eigenvalue weighted by Gasteiger charge is -2.26. The fourth-order valence-electron chi connectivity index (χ4n) is 2.56. The summed E-state index contributed by atoms with van der Waals surface area (Å²) in [4.78, 5) is 24.3. The van der Waals surface area contributed by atoms with Gasteiger partial charge in [-0.3, -0.25) is 20.7 Å². The Morgan fingerprint density at radius 1 is 1.13 bits per heavy atom. The molecule has 3 N–H and O–H groups in total. The summed E-state index contributed by atoms with van der Waals surface area (Å²) >= 11 is 5.78. The van der Waals surface area contributed by atoms with Crippen molar-refractivity contribution in [1.29, 1.82) is 0 Å². The molecule has 0 aliphatic heterocycles. The van der Waals surface area contributed by atoms with E-state index in [1.54, 1.807) is 20.8 Å². The number of amides is 1. The number of benzene rings is 1. The van der Waals surface area contributed by atoms with E-state index in [2.05, 4.69) is 21.0 Å². The number of halogens is 5. The Morgan fingerprint density at radius 3 is 2.10 bits per heavy atom. The molecule has 1 amide bonds. The third-order valence-corrected chi connectivity index (χ3v) is 4.81. The fraction of sp³-hybridized carbons (Fsp3) is 0.353. The third kappa shape index (κ3) is 5.10. The number of anilines is 1. The van der Waals surface area contributed by atoms with Gasteiger partial charge in [0.25, 0.3) is 0 Å². The molecular weight excluding hydrogens is 451 g/mol. The van der Waals surface area contributed by atoms with Crippen molar-refractivity contribution in [3.8, 4) is 0 Å². The lowest BCUT2D eigenvalue weighted by Crippen LogP contribution is -2.37. The first-order valence-electron chi connectivity index (χ1n) is 8.25. The van der Waals surface area contributed by atoms with E-state index in [-0.39, 0.29) is 15.5 Å². The molecular formula is C17H15F5N4O2S2. The van der Waals surface area contributed by atoms with Crippen LogP contribution in [0.3, 0.4) is 0 Å². The van der Waals surface area contributed by atoms with Gasteiger partial charge in [0.2, 0.25) is 16.9 Å². The van der Waals surface area contributed by atoms with Gasteiger partial charge in [0.15, 0.2) is 27.2 Å². The smallest absolute Gasteiger partial charge is 0.246 e. The van der Waals surface area contributed by atoms with Crippen LogP contribution in [0.25, 0.3) is 5.57 Å². The normalized spacial score (nSPS) is 12.3. The van der Waals surface area contributed by atoms with E-state index in [1.165, 1.54) is 5.94 Å². The van der Waals surface area contributed by atoms with Crippen LogP contribution in [0.2, 0.25) is 0 Å². The van der Waals surface area contributed by atoms with Gasteiger partial charge in [0, 0.05) is 0 Å². The molecule has 0 spiro atoms. The number of nitrogens with zero attached hydrogens (tertiary/aromatic N) is 1. The predicted molar refractivity (Wildman–Crippen MR) is 102 cm³/mol. The van der Waals surface area contributed by atoms with Crippen molar-refractivity contribution in [2.45, 2.75) is 27.2 Å². The van der Waals surface area contributed by atoms with E-state index in [9.17, 15) is 31.5 Å². The number of rotatable bonds is 6. The van der Waals surface area contributed by atoms with Gasteiger partial charge in [-0.05, 0) is 24.1 Å². The Balaban J connectivity index is 2.51. The van der Waals surface area contributed by atoms with E-state index in [1.807, 2.05) is 0 Å². The van der Waals surface area contributed by atoms with Gasteiger partial charge in [0.1, 0.15) is 5.94 Å². The van der Waals surface area contributed by atoms with Crippen molar-refractivity contribution < 1.29 is 31.5 Å². The van der Waals surface area contributed by atoms with E-state index in [0.29, 0.717) is 0 Å². The molecule has 2 aromatic rings. The minimum Gasteiger partial charge on any atom is -0.273 e. The number of hydrazine groups is 1. The van der Waals surface area contributed by atoms with Crippen LogP contribution >= 0.6 is 23.6 Å². The molecule has 1 aromatic heterocycles. The number of hydrogen-bond donors (Lipinski definition) is 3. The molecule has 1 unspecified atom stereocenters. The fourth-order valence-corrected chi connectivity index (χ4v) is 3.30. The highest BCUT2D eigenvalue weighted by molar-refractivity contribution is 7.73. The third-order valence-electron chi connectivity index (χ3n) is 3.80. The predicted octanol–water partition coefficient (Wildman–Crippen LogP) is 4.31. The van der Waals surface area contributed by atoms with Crippen molar-refractivity contribution >= 4 is 46.1 Å². The van der Waals surface area contributed by atoms with Crippen LogP contribution in [0.1, 0.15) is 32.8 Å². The van der Waals surface area contributed by atoms with Gasteiger partial charge >= 0.3 is 0 Å². The molecule has 0 bridgehead atoms. The van der Waals surface area contributed by atoms with Crippen LogP contribution < -0.4 is 10.9 Å². The van der Waals surface area contributed by atoms with Gasteiger partial charge in [0.05, 0.1) is 17.1 Å². The zero-order valence-corrected chi connectivity index (χ0v) is 17.4. The molecule has 13 heteroatoms. The van der Waals surface area contributed by atoms with Crippen LogP contribution in [-0.2, 0) is 9.59 Å². The van der Waals surface area contributed by atoms with Crippen molar-refractivity contribution in [2.24, 2.45) is 11.3 Å². The number of carbonyl (C=O) groups is 1. The SMILES string of the molecule is CC(C)(C)CC(C(=O)NNc1n[nH]c(=S)s1)C(=C=O)c1c(F)c(F)c(F)c(F)c1F. The maximum atomic E-state index is 14.3. The summed E-state index contributed by atoms with van der Waals surface area (Å²) in [6.45, 7) is 4.96. The number of aromatic nitrogens is 2. The monoisotopic (exact) mass is 466 g/mol. The Morgan fingerprint density at radius 2 is 1.67 bits per heavy atom. The van der Waals surface area contributed by atoms with Gasteiger partial charge in [-0.25, -0.2) is 26.7 Å². The average molecular weight is 466 g/mol. The van der Waals surface area contributed by atoms with E-state index >= 15 is 0 Å². The molecule has 162 valence electrons. The Hall–Kier alpha value is -2.63. The minimum absolute atomic E-state index is 0.135. The molecule has 1 aromatic carbocycles. The number of H-pyrrole nitrogens is 1. The number of hydrogen-bond acceptors (Lipinski definition) is 6. The van der Waals surface area contributed by atoms with Crippen LogP contribution in [-0.4, -0.2) is 22.0 Å². The zero-order valence-electron chi connectivity index (χ0n) is 15.8. The lowest BCUT2D eigenvalue weighted by atomic mass is 9.79. The molecule has 6 nitrogen and oxygen atoms in total. The maximum absolute atomic E-state index is 14.3. The van der Waals surface area contributed by atoms with Gasteiger partial charge in [-0.15, -0.1) is 5.10 Å². The van der Waals surface area contributed by atoms with Gasteiger partial charge in [-0.2, -0.15) is 0 Å². The Bertz CT molecular complexity index is 1060. The molecule has 2 rings (SSSR count). The van der Waals surface area contributed by atoms with Crippen LogP contribution in [0.15, 0.2) is 0 Å².